The third kappa shape index (κ3) is 2.87. The fraction of sp³-hybridized carbons (Fsp3) is 0.125. The van der Waals surface area contributed by atoms with Gasteiger partial charge in [0.1, 0.15) is 5.69 Å². The molecule has 1 aromatic carbocycles. The summed E-state index contributed by atoms with van der Waals surface area (Å²) >= 11 is 5.85. The highest BCUT2D eigenvalue weighted by Gasteiger charge is 2.22. The summed E-state index contributed by atoms with van der Waals surface area (Å²) < 4.78 is 18.9. The Balaban J connectivity index is 2.61. The molecule has 2 rings (SSSR count). The number of esters is 1. The van der Waals surface area contributed by atoms with Gasteiger partial charge in [0.15, 0.2) is 11.5 Å². The Morgan fingerprint density at radius 1 is 1.36 bits per heavy atom. The Kier molecular flexibility index (Phi) is 4.64. The van der Waals surface area contributed by atoms with Crippen LogP contribution < -0.4 is 5.73 Å². The van der Waals surface area contributed by atoms with Crippen molar-refractivity contribution in [3.05, 3.63) is 46.4 Å². The maximum Gasteiger partial charge on any atom is 0.358 e. The van der Waals surface area contributed by atoms with Gasteiger partial charge in [0.05, 0.1) is 17.8 Å². The lowest BCUT2D eigenvalue weighted by Crippen LogP contribution is -2.10. The smallest absolute Gasteiger partial charge is 0.358 e. The molecule has 0 bridgehead atoms. The van der Waals surface area contributed by atoms with E-state index >= 15 is 0 Å². The summed E-state index contributed by atoms with van der Waals surface area (Å²) in [7, 11) is 1.18. The molecule has 0 spiro atoms. The van der Waals surface area contributed by atoms with E-state index in [1.165, 1.54) is 7.11 Å². The van der Waals surface area contributed by atoms with Gasteiger partial charge in [-0.2, -0.15) is 0 Å². The molecule has 0 atom stereocenters. The molecule has 4 nitrogen and oxygen atoms in total. The predicted octanol–water partition coefficient (Wildman–Crippen LogP) is 3.28. The first-order valence-corrected chi connectivity index (χ1v) is 6.63. The lowest BCUT2D eigenvalue weighted by Gasteiger charge is -2.10. The Labute approximate surface area is 132 Å². The highest BCUT2D eigenvalue weighted by Crippen LogP contribution is 2.32. The van der Waals surface area contributed by atoms with Crippen LogP contribution in [0.4, 0.5) is 10.1 Å². The molecule has 2 N–H and O–H groups in total. The molecule has 0 unspecified atom stereocenters. The van der Waals surface area contributed by atoms with E-state index in [1.807, 2.05) is 0 Å². The monoisotopic (exact) mass is 318 g/mol. The second kappa shape index (κ2) is 6.46. The number of halogens is 2. The highest BCUT2D eigenvalue weighted by atomic mass is 35.5. The van der Waals surface area contributed by atoms with Crippen LogP contribution in [-0.2, 0) is 4.74 Å². The number of nitrogens with two attached hydrogens (primary N) is 1. The van der Waals surface area contributed by atoms with Crippen LogP contribution in [0, 0.1) is 17.7 Å². The number of benzene rings is 1. The Hall–Kier alpha value is -2.58. The van der Waals surface area contributed by atoms with Gasteiger partial charge in [0, 0.05) is 11.1 Å². The fourth-order valence-electron chi connectivity index (χ4n) is 1.84. The number of anilines is 1. The summed E-state index contributed by atoms with van der Waals surface area (Å²) in [6, 6.07) is 6.71. The number of hydrogen-bond acceptors (Lipinski definition) is 4. The number of carbonyl (C=O) groups is 1. The zero-order valence-corrected chi connectivity index (χ0v) is 12.7. The molecule has 0 fully saturated rings. The lowest BCUT2D eigenvalue weighted by molar-refractivity contribution is 0.0594. The summed E-state index contributed by atoms with van der Waals surface area (Å²) in [6.45, 7) is 1.72. The second-order valence-electron chi connectivity index (χ2n) is 4.29. The van der Waals surface area contributed by atoms with E-state index in [0.29, 0.717) is 5.56 Å². The lowest BCUT2D eigenvalue weighted by atomic mass is 10.1. The molecule has 6 heteroatoms. The van der Waals surface area contributed by atoms with Crippen LogP contribution in [0.1, 0.15) is 23.0 Å². The van der Waals surface area contributed by atoms with Crippen molar-refractivity contribution < 1.29 is 13.9 Å². The van der Waals surface area contributed by atoms with Gasteiger partial charge < -0.3 is 10.5 Å². The topological polar surface area (TPSA) is 65.2 Å². The van der Waals surface area contributed by atoms with Crippen molar-refractivity contribution in [2.45, 2.75) is 6.92 Å². The van der Waals surface area contributed by atoms with Crippen molar-refractivity contribution in [3.8, 4) is 23.1 Å². The highest BCUT2D eigenvalue weighted by molar-refractivity contribution is 6.35. The molecule has 0 aliphatic heterocycles. The number of ether oxygens (including phenoxy) is 1. The number of aromatic nitrogens is 1. The summed E-state index contributed by atoms with van der Waals surface area (Å²) in [5.41, 5.74) is 6.20. The van der Waals surface area contributed by atoms with Crippen LogP contribution in [0.3, 0.4) is 0 Å². The quantitative estimate of drug-likeness (QED) is 0.681. The van der Waals surface area contributed by atoms with E-state index in [1.54, 1.807) is 31.2 Å². The average Bonchev–Trinajstić information content (AvgIpc) is 2.53. The molecule has 0 amide bonds. The van der Waals surface area contributed by atoms with Crippen LogP contribution in [-0.4, -0.2) is 18.1 Å². The predicted molar refractivity (Wildman–Crippen MR) is 82.9 cm³/mol. The molecule has 22 heavy (non-hydrogen) atoms. The van der Waals surface area contributed by atoms with Crippen LogP contribution in [0.2, 0.25) is 5.02 Å². The number of nitrogen functional groups attached to an aromatic ring is 1. The summed E-state index contributed by atoms with van der Waals surface area (Å²) in [5.74, 6) is 4.07. The van der Waals surface area contributed by atoms with Gasteiger partial charge >= 0.3 is 5.97 Å². The van der Waals surface area contributed by atoms with Crippen LogP contribution in [0.15, 0.2) is 24.3 Å². The summed E-state index contributed by atoms with van der Waals surface area (Å²) in [4.78, 5) is 15.6. The number of pyridine rings is 1. The van der Waals surface area contributed by atoms with Crippen LogP contribution in [0.25, 0.3) is 11.3 Å². The van der Waals surface area contributed by atoms with Crippen LogP contribution >= 0.6 is 11.6 Å². The molecule has 0 saturated carbocycles. The standard InChI is InChI=1S/C16H12ClFN2O2/c1-3-4-9-5-7-10(8-6-9)14-12(18)13(19)11(17)15(20-14)16(21)22-2/h5-8H,1-2H3,(H2,19,20). The number of methoxy groups -OCH3 is 1. The minimum atomic E-state index is -0.786. The molecule has 0 aliphatic carbocycles. The van der Waals surface area contributed by atoms with Crippen molar-refractivity contribution in [1.29, 1.82) is 0 Å². The molecule has 1 aromatic heterocycles. The maximum atomic E-state index is 14.3. The van der Waals surface area contributed by atoms with Crippen molar-refractivity contribution in [2.75, 3.05) is 12.8 Å². The number of nitrogens with zero attached hydrogens (tertiary/aromatic N) is 1. The van der Waals surface area contributed by atoms with Crippen LogP contribution in [0.5, 0.6) is 0 Å². The van der Waals surface area contributed by atoms with E-state index in [9.17, 15) is 9.18 Å². The molecular formula is C16H12ClFN2O2. The van der Waals surface area contributed by atoms with Crippen molar-refractivity contribution in [3.63, 3.8) is 0 Å². The Morgan fingerprint density at radius 3 is 2.55 bits per heavy atom. The van der Waals surface area contributed by atoms with Gasteiger partial charge in [-0.3, -0.25) is 0 Å². The van der Waals surface area contributed by atoms with E-state index in [4.69, 9.17) is 17.3 Å². The molecule has 0 saturated heterocycles. The largest absolute Gasteiger partial charge is 0.464 e. The molecule has 1 heterocycles. The van der Waals surface area contributed by atoms with Gasteiger partial charge in [-0.1, -0.05) is 29.7 Å². The molecule has 2 aromatic rings. The zero-order chi connectivity index (χ0) is 16.3. The van der Waals surface area contributed by atoms with Gasteiger partial charge in [0.25, 0.3) is 0 Å². The van der Waals surface area contributed by atoms with Crippen molar-refractivity contribution >= 4 is 23.3 Å². The average molecular weight is 319 g/mol. The van der Waals surface area contributed by atoms with E-state index in [2.05, 4.69) is 21.6 Å². The number of hydrogen-bond donors (Lipinski definition) is 1. The van der Waals surface area contributed by atoms with Crippen molar-refractivity contribution in [1.82, 2.24) is 4.98 Å². The molecular weight excluding hydrogens is 307 g/mol. The second-order valence-corrected chi connectivity index (χ2v) is 4.67. The minimum absolute atomic E-state index is 0.0710. The summed E-state index contributed by atoms with van der Waals surface area (Å²) in [6.07, 6.45) is 0. The molecule has 112 valence electrons. The van der Waals surface area contributed by atoms with Crippen molar-refractivity contribution in [2.24, 2.45) is 0 Å². The first-order chi connectivity index (χ1) is 10.5. The normalized spacial score (nSPS) is 9.82. The van der Waals surface area contributed by atoms with E-state index in [-0.39, 0.29) is 22.1 Å². The minimum Gasteiger partial charge on any atom is -0.464 e. The zero-order valence-electron chi connectivity index (χ0n) is 11.9. The first kappa shape index (κ1) is 15.8. The van der Waals surface area contributed by atoms with Gasteiger partial charge in [-0.15, -0.1) is 5.92 Å². The van der Waals surface area contributed by atoms with Gasteiger partial charge in [-0.25, -0.2) is 14.2 Å². The number of carbonyl (C=O) groups excluding carboxylic acids is 1. The fourth-order valence-corrected chi connectivity index (χ4v) is 2.04. The van der Waals surface area contributed by atoms with E-state index < -0.39 is 11.8 Å². The third-order valence-electron chi connectivity index (χ3n) is 2.92. The van der Waals surface area contributed by atoms with E-state index in [0.717, 1.165) is 5.56 Å². The Morgan fingerprint density at radius 2 is 2.00 bits per heavy atom. The summed E-state index contributed by atoms with van der Waals surface area (Å²) in [5, 5.41) is -0.262. The third-order valence-corrected chi connectivity index (χ3v) is 3.30. The molecule has 0 radical (unpaired) electrons. The molecule has 0 aliphatic rings. The first-order valence-electron chi connectivity index (χ1n) is 6.25. The SMILES string of the molecule is CC#Cc1ccc(-c2nc(C(=O)OC)c(Cl)c(N)c2F)cc1. The number of rotatable bonds is 2. The van der Waals surface area contributed by atoms with Gasteiger partial charge in [-0.05, 0) is 19.1 Å². The Bertz CT molecular complexity index is 793. The maximum absolute atomic E-state index is 14.3. The van der Waals surface area contributed by atoms with Gasteiger partial charge in [0.2, 0.25) is 0 Å².